The lowest BCUT2D eigenvalue weighted by molar-refractivity contribution is -0.125. The second kappa shape index (κ2) is 10.2. The summed E-state index contributed by atoms with van der Waals surface area (Å²) in [6, 6.07) is 7.17. The number of nitrogens with zero attached hydrogens (tertiary/aromatic N) is 5. The molecule has 1 aromatic carbocycles. The number of hydrogen-bond donors (Lipinski definition) is 1. The van der Waals surface area contributed by atoms with Crippen molar-refractivity contribution in [2.75, 3.05) is 55.6 Å². The van der Waals surface area contributed by atoms with Gasteiger partial charge in [0.15, 0.2) is 0 Å². The summed E-state index contributed by atoms with van der Waals surface area (Å²) in [5.74, 6) is 0.826. The number of hydrogen-bond acceptors (Lipinski definition) is 6. The number of anilines is 2. The summed E-state index contributed by atoms with van der Waals surface area (Å²) in [5.41, 5.74) is 4.11. The first-order chi connectivity index (χ1) is 19.2. The molecule has 40 heavy (non-hydrogen) atoms. The Morgan fingerprint density at radius 3 is 2.33 bits per heavy atom. The predicted octanol–water partition coefficient (Wildman–Crippen LogP) is 2.87. The highest BCUT2D eigenvalue weighted by molar-refractivity contribution is 6.09. The van der Waals surface area contributed by atoms with Crippen LogP contribution in [0.2, 0.25) is 0 Å². The standard InChI is InChI=1S/C30H36N6O4/c1-18-14-23(21-4-5-21)17-31-27(18)33-8-10-34(11-9-33)29(39)24-7-6-22(26-19(2)16-32-28(26)38)15-25(24)36-13-12-35(20(3)37)30(36)40/h6-7,14-15,17,19,21,26H,4-5,8-13,16H2,1-3H3,(H,32,38)/t19?,26-/m1/s1. The molecule has 0 spiro atoms. The number of urea groups is 1. The van der Waals surface area contributed by atoms with Crippen molar-refractivity contribution >= 4 is 35.3 Å². The zero-order valence-corrected chi connectivity index (χ0v) is 23.4. The summed E-state index contributed by atoms with van der Waals surface area (Å²) in [6.45, 7) is 9.00. The minimum absolute atomic E-state index is 0.0548. The van der Waals surface area contributed by atoms with E-state index in [0.29, 0.717) is 56.4 Å². The summed E-state index contributed by atoms with van der Waals surface area (Å²) >= 11 is 0. The average Bonchev–Trinajstić information content (AvgIpc) is 3.65. The van der Waals surface area contributed by atoms with Gasteiger partial charge in [0, 0.05) is 58.9 Å². The van der Waals surface area contributed by atoms with Gasteiger partial charge in [-0.15, -0.1) is 0 Å². The Morgan fingerprint density at radius 1 is 0.975 bits per heavy atom. The van der Waals surface area contributed by atoms with Crippen LogP contribution in [0.25, 0.3) is 0 Å². The van der Waals surface area contributed by atoms with Gasteiger partial charge in [-0.25, -0.2) is 9.78 Å². The normalized spacial score (nSPS) is 23.2. The minimum Gasteiger partial charge on any atom is -0.355 e. The molecule has 1 unspecified atom stereocenters. The highest BCUT2D eigenvalue weighted by Crippen LogP contribution is 2.41. The highest BCUT2D eigenvalue weighted by Gasteiger charge is 2.38. The van der Waals surface area contributed by atoms with Crippen LogP contribution < -0.4 is 15.1 Å². The number of aryl methyl sites for hydroxylation is 1. The predicted molar refractivity (Wildman–Crippen MR) is 151 cm³/mol. The molecule has 2 aromatic rings. The fourth-order valence-electron chi connectivity index (χ4n) is 6.28. The molecule has 0 radical (unpaired) electrons. The molecule has 2 atom stereocenters. The largest absolute Gasteiger partial charge is 0.355 e. The summed E-state index contributed by atoms with van der Waals surface area (Å²) in [5, 5.41) is 2.90. The third-order valence-corrected chi connectivity index (χ3v) is 8.73. The van der Waals surface area contributed by atoms with Crippen LogP contribution in [-0.4, -0.2) is 84.3 Å². The van der Waals surface area contributed by atoms with E-state index in [1.165, 1.54) is 35.1 Å². The Morgan fingerprint density at radius 2 is 1.73 bits per heavy atom. The van der Waals surface area contributed by atoms with E-state index in [0.717, 1.165) is 16.9 Å². The van der Waals surface area contributed by atoms with Gasteiger partial charge in [0.1, 0.15) is 5.82 Å². The molecule has 1 N–H and O–H groups in total. The lowest BCUT2D eigenvalue weighted by atomic mass is 9.88. The van der Waals surface area contributed by atoms with Gasteiger partial charge in [0.2, 0.25) is 11.8 Å². The van der Waals surface area contributed by atoms with Gasteiger partial charge in [0.25, 0.3) is 5.91 Å². The maximum Gasteiger partial charge on any atom is 0.331 e. The molecule has 4 fully saturated rings. The highest BCUT2D eigenvalue weighted by atomic mass is 16.2. The van der Waals surface area contributed by atoms with E-state index in [9.17, 15) is 19.2 Å². The Bertz CT molecular complexity index is 1380. The molecule has 0 bridgehead atoms. The van der Waals surface area contributed by atoms with E-state index < -0.39 is 6.03 Å². The lowest BCUT2D eigenvalue weighted by Gasteiger charge is -2.36. The molecule has 1 aliphatic carbocycles. The molecule has 3 saturated heterocycles. The Labute approximate surface area is 234 Å². The van der Waals surface area contributed by atoms with Crippen molar-refractivity contribution < 1.29 is 19.2 Å². The van der Waals surface area contributed by atoms with Crippen LogP contribution in [0.4, 0.5) is 16.3 Å². The number of aromatic nitrogens is 1. The topological polar surface area (TPSA) is 106 Å². The van der Waals surface area contributed by atoms with E-state index in [-0.39, 0.29) is 36.1 Å². The molecular formula is C30H36N6O4. The summed E-state index contributed by atoms with van der Waals surface area (Å²) in [6.07, 6.45) is 4.48. The number of nitrogens with one attached hydrogen (secondary N) is 1. The van der Waals surface area contributed by atoms with Crippen molar-refractivity contribution in [1.29, 1.82) is 0 Å². The second-order valence-electron chi connectivity index (χ2n) is 11.5. The first-order valence-electron chi connectivity index (χ1n) is 14.2. The Kier molecular flexibility index (Phi) is 6.72. The number of piperazine rings is 1. The maximum absolute atomic E-state index is 13.9. The van der Waals surface area contributed by atoms with Crippen LogP contribution >= 0.6 is 0 Å². The van der Waals surface area contributed by atoms with Gasteiger partial charge < -0.3 is 15.1 Å². The zero-order valence-electron chi connectivity index (χ0n) is 23.4. The number of pyridine rings is 1. The number of carbonyl (C=O) groups excluding carboxylic acids is 4. The minimum atomic E-state index is -0.441. The summed E-state index contributed by atoms with van der Waals surface area (Å²) in [7, 11) is 0. The van der Waals surface area contributed by atoms with Crippen LogP contribution in [0.3, 0.4) is 0 Å². The van der Waals surface area contributed by atoms with Gasteiger partial charge in [-0.2, -0.15) is 0 Å². The monoisotopic (exact) mass is 544 g/mol. The smallest absolute Gasteiger partial charge is 0.331 e. The van der Waals surface area contributed by atoms with Crippen molar-refractivity contribution in [3.05, 3.63) is 52.7 Å². The number of rotatable bonds is 5. The molecular weight excluding hydrogens is 508 g/mol. The number of carbonyl (C=O) groups is 4. The molecule has 6 rings (SSSR count). The second-order valence-corrected chi connectivity index (χ2v) is 11.5. The average molecular weight is 545 g/mol. The molecule has 1 aromatic heterocycles. The number of benzene rings is 1. The summed E-state index contributed by atoms with van der Waals surface area (Å²) < 4.78 is 0. The fourth-order valence-corrected chi connectivity index (χ4v) is 6.28. The zero-order chi connectivity index (χ0) is 28.1. The Hall–Kier alpha value is -3.95. The van der Waals surface area contributed by atoms with Crippen molar-refractivity contribution in [3.63, 3.8) is 0 Å². The van der Waals surface area contributed by atoms with Crippen molar-refractivity contribution in [2.24, 2.45) is 5.92 Å². The molecule has 3 aliphatic heterocycles. The molecule has 10 heteroatoms. The summed E-state index contributed by atoms with van der Waals surface area (Å²) in [4.78, 5) is 63.2. The first-order valence-corrected chi connectivity index (χ1v) is 14.2. The molecule has 5 amide bonds. The SMILES string of the molecule is CC(=O)N1CCN(c2cc([C@@H]3C(=O)NCC3C)ccc2C(=O)N2CCN(c3ncc(C4CC4)cc3C)CC2)C1=O. The lowest BCUT2D eigenvalue weighted by Crippen LogP contribution is -2.49. The van der Waals surface area contributed by atoms with Crippen molar-refractivity contribution in [2.45, 2.75) is 45.4 Å². The van der Waals surface area contributed by atoms with E-state index >= 15 is 0 Å². The Balaban J connectivity index is 1.24. The van der Waals surface area contributed by atoms with E-state index in [2.05, 4.69) is 23.2 Å². The molecule has 4 heterocycles. The van der Waals surface area contributed by atoms with Gasteiger partial charge >= 0.3 is 6.03 Å². The fraction of sp³-hybridized carbons (Fsp3) is 0.500. The van der Waals surface area contributed by atoms with Crippen LogP contribution in [0.15, 0.2) is 30.5 Å². The van der Waals surface area contributed by atoms with Gasteiger partial charge in [-0.3, -0.25) is 24.2 Å². The molecule has 210 valence electrons. The van der Waals surface area contributed by atoms with Gasteiger partial charge in [-0.05, 0) is 60.4 Å². The van der Waals surface area contributed by atoms with Crippen LogP contribution in [0.1, 0.15) is 65.6 Å². The van der Waals surface area contributed by atoms with Crippen molar-refractivity contribution in [1.82, 2.24) is 20.1 Å². The van der Waals surface area contributed by atoms with E-state index in [4.69, 9.17) is 4.98 Å². The third-order valence-electron chi connectivity index (χ3n) is 8.73. The number of amides is 5. The van der Waals surface area contributed by atoms with Crippen LogP contribution in [0, 0.1) is 12.8 Å². The third kappa shape index (κ3) is 4.69. The van der Waals surface area contributed by atoms with E-state index in [1.54, 1.807) is 12.1 Å². The molecule has 10 nitrogen and oxygen atoms in total. The quantitative estimate of drug-likeness (QED) is 0.621. The molecule has 1 saturated carbocycles. The van der Waals surface area contributed by atoms with E-state index in [1.807, 2.05) is 24.1 Å². The van der Waals surface area contributed by atoms with Gasteiger partial charge in [-0.1, -0.05) is 19.1 Å². The first kappa shape index (κ1) is 26.3. The maximum atomic E-state index is 13.9. The number of imide groups is 1. The van der Waals surface area contributed by atoms with Crippen LogP contribution in [0.5, 0.6) is 0 Å². The van der Waals surface area contributed by atoms with Gasteiger partial charge in [0.05, 0.1) is 17.2 Å². The molecule has 4 aliphatic rings. The van der Waals surface area contributed by atoms with Crippen molar-refractivity contribution in [3.8, 4) is 0 Å². The van der Waals surface area contributed by atoms with Crippen LogP contribution in [-0.2, 0) is 9.59 Å².